The first-order valence-electron chi connectivity index (χ1n) is 11.4. The molecule has 190 valence electrons. The number of methoxy groups -OCH3 is 1. The fraction of sp³-hybridized carbons (Fsp3) is 0.0714. The SMILES string of the molecule is COc1ccc2nc(NC(=O)CSc3ccc(NC(=O)c4cccc5cccc(C(=O)O)c45)cc3)sc2c1. The van der Waals surface area contributed by atoms with E-state index in [-0.39, 0.29) is 22.8 Å². The van der Waals surface area contributed by atoms with Gasteiger partial charge in [0.25, 0.3) is 5.91 Å². The summed E-state index contributed by atoms with van der Waals surface area (Å²) in [6.45, 7) is 0. The molecule has 38 heavy (non-hydrogen) atoms. The van der Waals surface area contributed by atoms with Gasteiger partial charge in [0.05, 0.1) is 28.6 Å². The number of thiazole rings is 1. The number of ether oxygens (including phenoxy) is 1. The number of hydrogen-bond donors (Lipinski definition) is 3. The summed E-state index contributed by atoms with van der Waals surface area (Å²) in [6.07, 6.45) is 0. The maximum Gasteiger partial charge on any atom is 0.336 e. The molecule has 0 bridgehead atoms. The normalized spacial score (nSPS) is 10.9. The lowest BCUT2D eigenvalue weighted by molar-refractivity contribution is -0.113. The van der Waals surface area contributed by atoms with Crippen molar-refractivity contribution in [3.8, 4) is 5.75 Å². The molecule has 0 aliphatic carbocycles. The van der Waals surface area contributed by atoms with Crippen molar-refractivity contribution in [1.29, 1.82) is 0 Å². The number of carbonyl (C=O) groups is 3. The summed E-state index contributed by atoms with van der Waals surface area (Å²) < 4.78 is 6.15. The van der Waals surface area contributed by atoms with E-state index in [1.807, 2.05) is 30.3 Å². The molecular formula is C28H21N3O5S2. The van der Waals surface area contributed by atoms with Crippen molar-refractivity contribution in [3.05, 3.63) is 90.0 Å². The number of thioether (sulfide) groups is 1. The van der Waals surface area contributed by atoms with E-state index < -0.39 is 11.9 Å². The van der Waals surface area contributed by atoms with Crippen LogP contribution < -0.4 is 15.4 Å². The molecule has 0 atom stereocenters. The van der Waals surface area contributed by atoms with E-state index in [2.05, 4.69) is 15.6 Å². The molecule has 0 saturated heterocycles. The number of aromatic carboxylic acids is 1. The van der Waals surface area contributed by atoms with Crippen molar-refractivity contribution >= 4 is 72.7 Å². The minimum atomic E-state index is -1.09. The van der Waals surface area contributed by atoms with E-state index in [4.69, 9.17) is 4.74 Å². The fourth-order valence-electron chi connectivity index (χ4n) is 3.93. The van der Waals surface area contributed by atoms with E-state index in [0.29, 0.717) is 21.6 Å². The van der Waals surface area contributed by atoms with Crippen LogP contribution >= 0.6 is 23.1 Å². The van der Waals surface area contributed by atoms with Gasteiger partial charge in [-0.1, -0.05) is 35.6 Å². The lowest BCUT2D eigenvalue weighted by Gasteiger charge is -2.11. The van der Waals surface area contributed by atoms with Crippen molar-refractivity contribution in [2.75, 3.05) is 23.5 Å². The van der Waals surface area contributed by atoms with Gasteiger partial charge < -0.3 is 20.5 Å². The average Bonchev–Trinajstić information content (AvgIpc) is 3.33. The quantitative estimate of drug-likeness (QED) is 0.201. The van der Waals surface area contributed by atoms with Crippen LogP contribution in [0.2, 0.25) is 0 Å². The maximum absolute atomic E-state index is 13.0. The Morgan fingerprint density at radius 1 is 0.947 bits per heavy atom. The zero-order valence-electron chi connectivity index (χ0n) is 20.1. The smallest absolute Gasteiger partial charge is 0.336 e. The second-order valence-electron chi connectivity index (χ2n) is 8.18. The molecule has 4 aromatic carbocycles. The molecule has 3 N–H and O–H groups in total. The van der Waals surface area contributed by atoms with Crippen molar-refractivity contribution in [2.45, 2.75) is 4.90 Å². The number of benzene rings is 4. The van der Waals surface area contributed by atoms with E-state index in [1.165, 1.54) is 29.2 Å². The molecule has 0 aliphatic rings. The summed E-state index contributed by atoms with van der Waals surface area (Å²) in [5, 5.41) is 16.8. The Kier molecular flexibility index (Phi) is 7.25. The molecule has 0 fully saturated rings. The van der Waals surface area contributed by atoms with Crippen molar-refractivity contribution in [1.82, 2.24) is 4.98 Å². The third-order valence-corrected chi connectivity index (χ3v) is 7.65. The number of carboxylic acids is 1. The Morgan fingerprint density at radius 2 is 1.68 bits per heavy atom. The van der Waals surface area contributed by atoms with E-state index in [0.717, 1.165) is 20.9 Å². The molecule has 5 rings (SSSR count). The van der Waals surface area contributed by atoms with Crippen molar-refractivity contribution in [2.24, 2.45) is 0 Å². The third kappa shape index (κ3) is 5.46. The Labute approximate surface area is 225 Å². The lowest BCUT2D eigenvalue weighted by atomic mass is 9.98. The molecule has 0 aliphatic heterocycles. The van der Waals surface area contributed by atoms with E-state index in [1.54, 1.807) is 49.6 Å². The van der Waals surface area contributed by atoms with Gasteiger partial charge in [0.1, 0.15) is 5.75 Å². The molecule has 0 spiro atoms. The summed E-state index contributed by atoms with van der Waals surface area (Å²) in [5.74, 6) is -0.749. The number of hydrogen-bond acceptors (Lipinski definition) is 7. The predicted octanol–water partition coefficient (Wildman–Crippen LogP) is 6.14. The van der Waals surface area contributed by atoms with Crippen LogP contribution in [0.1, 0.15) is 20.7 Å². The lowest BCUT2D eigenvalue weighted by Crippen LogP contribution is -2.14. The van der Waals surface area contributed by atoms with E-state index >= 15 is 0 Å². The molecule has 0 saturated carbocycles. The van der Waals surface area contributed by atoms with Gasteiger partial charge in [-0.05, 0) is 60.0 Å². The highest BCUT2D eigenvalue weighted by Crippen LogP contribution is 2.30. The van der Waals surface area contributed by atoms with Crippen molar-refractivity contribution in [3.63, 3.8) is 0 Å². The molecule has 10 heteroatoms. The highest BCUT2D eigenvalue weighted by molar-refractivity contribution is 8.00. The zero-order chi connectivity index (χ0) is 26.6. The van der Waals surface area contributed by atoms with E-state index in [9.17, 15) is 19.5 Å². The summed E-state index contributed by atoms with van der Waals surface area (Å²) >= 11 is 2.74. The van der Waals surface area contributed by atoms with Gasteiger partial charge in [0.2, 0.25) is 5.91 Å². The van der Waals surface area contributed by atoms with Crippen LogP contribution in [0.4, 0.5) is 10.8 Å². The second-order valence-corrected chi connectivity index (χ2v) is 10.3. The molecule has 0 unspecified atom stereocenters. The van der Waals surface area contributed by atoms with Gasteiger partial charge in [-0.15, -0.1) is 11.8 Å². The van der Waals surface area contributed by atoms with Gasteiger partial charge >= 0.3 is 5.97 Å². The van der Waals surface area contributed by atoms with Crippen molar-refractivity contribution < 1.29 is 24.2 Å². The number of nitrogens with one attached hydrogen (secondary N) is 2. The molecule has 1 aromatic heterocycles. The summed E-state index contributed by atoms with van der Waals surface area (Å²) in [4.78, 5) is 42.4. The Balaban J connectivity index is 1.21. The minimum Gasteiger partial charge on any atom is -0.497 e. The number of fused-ring (bicyclic) bond motifs is 2. The number of anilines is 2. The topological polar surface area (TPSA) is 118 Å². The Morgan fingerprint density at radius 3 is 2.39 bits per heavy atom. The standard InChI is InChI=1S/C28H21N3O5S2/c1-36-18-10-13-22-23(14-18)38-28(30-22)31-24(32)15-37-19-11-8-17(9-12-19)29-26(33)20-6-2-4-16-5-3-7-21(25(16)20)27(34)35/h2-14H,15H2,1H3,(H,29,33)(H,34,35)(H,30,31,32). The van der Waals surface area contributed by atoms with Gasteiger partial charge in [-0.2, -0.15) is 0 Å². The number of aromatic nitrogens is 1. The van der Waals surface area contributed by atoms with Gasteiger partial charge in [0.15, 0.2) is 5.13 Å². The van der Waals surface area contributed by atoms with Crippen LogP contribution in [0.15, 0.2) is 83.8 Å². The average molecular weight is 544 g/mol. The first-order valence-corrected chi connectivity index (χ1v) is 13.2. The number of nitrogens with zero attached hydrogens (tertiary/aromatic N) is 1. The molecule has 1 heterocycles. The summed E-state index contributed by atoms with van der Waals surface area (Å²) in [5.41, 5.74) is 1.70. The molecule has 8 nitrogen and oxygen atoms in total. The monoisotopic (exact) mass is 543 g/mol. The van der Waals surface area contributed by atoms with Gasteiger partial charge in [-0.25, -0.2) is 9.78 Å². The Bertz CT molecular complexity index is 1680. The zero-order valence-corrected chi connectivity index (χ0v) is 21.7. The van der Waals surface area contributed by atoms with Crippen LogP contribution in [0, 0.1) is 0 Å². The highest BCUT2D eigenvalue weighted by Gasteiger charge is 2.17. The highest BCUT2D eigenvalue weighted by atomic mass is 32.2. The van der Waals surface area contributed by atoms with Gasteiger partial charge in [0, 0.05) is 21.5 Å². The molecular weight excluding hydrogens is 522 g/mol. The van der Waals surface area contributed by atoms with Crippen LogP contribution in [-0.4, -0.2) is 40.7 Å². The van der Waals surface area contributed by atoms with Gasteiger partial charge in [-0.3, -0.25) is 9.59 Å². The first kappa shape index (κ1) is 25.2. The predicted molar refractivity (Wildman–Crippen MR) is 151 cm³/mol. The number of amides is 2. The minimum absolute atomic E-state index is 0.0730. The molecule has 5 aromatic rings. The number of carboxylic acid groups (broad SMARTS) is 1. The van der Waals surface area contributed by atoms with Crippen LogP contribution in [0.5, 0.6) is 5.75 Å². The molecule has 2 amide bonds. The van der Waals surface area contributed by atoms with Crippen LogP contribution in [0.3, 0.4) is 0 Å². The second kappa shape index (κ2) is 10.9. The summed E-state index contributed by atoms with van der Waals surface area (Å²) in [6, 6.07) is 22.7. The third-order valence-electron chi connectivity index (χ3n) is 5.70. The van der Waals surface area contributed by atoms with Crippen LogP contribution in [-0.2, 0) is 4.79 Å². The number of rotatable bonds is 8. The maximum atomic E-state index is 13.0. The molecule has 0 radical (unpaired) electrons. The summed E-state index contributed by atoms with van der Waals surface area (Å²) in [7, 11) is 1.60. The first-order chi connectivity index (χ1) is 18.4. The largest absolute Gasteiger partial charge is 0.497 e. The fourth-order valence-corrected chi connectivity index (χ4v) is 5.54. The Hall–Kier alpha value is -4.41. The van der Waals surface area contributed by atoms with Crippen LogP contribution in [0.25, 0.3) is 21.0 Å². The number of carbonyl (C=O) groups excluding carboxylic acids is 2.